The molecule has 0 radical (unpaired) electrons. The van der Waals surface area contributed by atoms with Crippen LogP contribution in [0.4, 0.5) is 10.5 Å². The maximum absolute atomic E-state index is 14.2. The Bertz CT molecular complexity index is 1640. The molecule has 40 heavy (non-hydrogen) atoms. The normalized spacial score (nSPS) is 14.3. The molecule has 0 saturated carbocycles. The second-order valence-electron chi connectivity index (χ2n) is 9.94. The maximum atomic E-state index is 14.2. The molecular weight excluding hydrogens is 498 g/mol. The lowest BCUT2D eigenvalue weighted by Gasteiger charge is -2.31. The smallest absolute Gasteiger partial charge is 0.322 e. The van der Waals surface area contributed by atoms with Gasteiger partial charge in [0.15, 0.2) is 0 Å². The first-order chi connectivity index (χ1) is 19.6. The number of amides is 2. The molecule has 7 heteroatoms. The Kier molecular flexibility index (Phi) is 6.86. The molecule has 1 aliphatic rings. The van der Waals surface area contributed by atoms with Crippen LogP contribution in [-0.2, 0) is 19.4 Å². The average Bonchev–Trinajstić information content (AvgIpc) is 3.59. The van der Waals surface area contributed by atoms with Crippen molar-refractivity contribution in [3.8, 4) is 17.3 Å². The minimum absolute atomic E-state index is 0.187. The minimum Gasteiger partial charge on any atom is -0.497 e. The largest absolute Gasteiger partial charge is 0.497 e. The number of carbonyl (C=O) groups excluding carboxylic acids is 1. The molecule has 0 saturated heterocycles. The summed E-state index contributed by atoms with van der Waals surface area (Å²) in [6.07, 6.45) is 3.78. The number of urea groups is 1. The van der Waals surface area contributed by atoms with E-state index in [2.05, 4.69) is 72.4 Å². The van der Waals surface area contributed by atoms with Gasteiger partial charge in [0.25, 0.3) is 0 Å². The summed E-state index contributed by atoms with van der Waals surface area (Å²) in [4.78, 5) is 16.1. The van der Waals surface area contributed by atoms with Crippen LogP contribution < -0.4 is 10.1 Å². The fourth-order valence-electron chi connectivity index (χ4n) is 5.53. The molecule has 3 aromatic carbocycles. The third-order valence-electron chi connectivity index (χ3n) is 7.59. The Morgan fingerprint density at radius 1 is 0.950 bits per heavy atom. The topological polar surface area (TPSA) is 64.3 Å². The van der Waals surface area contributed by atoms with E-state index in [0.717, 1.165) is 46.9 Å². The molecule has 7 nitrogen and oxygen atoms in total. The zero-order chi connectivity index (χ0) is 27.6. The van der Waals surface area contributed by atoms with Gasteiger partial charge in [0.05, 0.1) is 36.8 Å². The van der Waals surface area contributed by atoms with Gasteiger partial charge in [0.2, 0.25) is 0 Å². The number of anilines is 1. The first-order valence-corrected chi connectivity index (χ1v) is 13.8. The van der Waals surface area contributed by atoms with Crippen molar-refractivity contribution in [3.05, 3.63) is 125 Å². The third kappa shape index (κ3) is 4.53. The van der Waals surface area contributed by atoms with Gasteiger partial charge >= 0.3 is 6.03 Å². The van der Waals surface area contributed by atoms with Crippen molar-refractivity contribution >= 4 is 11.7 Å². The van der Waals surface area contributed by atoms with Crippen molar-refractivity contribution < 1.29 is 9.53 Å². The zero-order valence-electron chi connectivity index (χ0n) is 23.0. The van der Waals surface area contributed by atoms with E-state index in [9.17, 15) is 4.79 Å². The number of hydrogen-bond donors (Lipinski definition) is 1. The van der Waals surface area contributed by atoms with Crippen LogP contribution in [-0.4, -0.2) is 32.4 Å². The second-order valence-corrected chi connectivity index (χ2v) is 9.94. The van der Waals surface area contributed by atoms with Gasteiger partial charge < -0.3 is 19.5 Å². The van der Waals surface area contributed by atoms with Gasteiger partial charge in [-0.05, 0) is 60.4 Å². The van der Waals surface area contributed by atoms with E-state index in [4.69, 9.17) is 9.84 Å². The van der Waals surface area contributed by atoms with Crippen LogP contribution in [0, 0.1) is 0 Å². The summed E-state index contributed by atoms with van der Waals surface area (Å²) in [5.74, 6) is 1.66. The Morgan fingerprint density at radius 2 is 1.75 bits per heavy atom. The number of aryl methyl sites for hydroxylation is 2. The molecule has 0 spiro atoms. The summed E-state index contributed by atoms with van der Waals surface area (Å²) in [5.41, 5.74) is 6.99. The molecule has 2 aromatic heterocycles. The Balaban J connectivity index is 1.53. The number of nitrogens with zero attached hydrogens (tertiary/aromatic N) is 4. The van der Waals surface area contributed by atoms with E-state index in [1.807, 2.05) is 58.1 Å². The molecule has 0 fully saturated rings. The highest BCUT2D eigenvalue weighted by Crippen LogP contribution is 2.39. The van der Waals surface area contributed by atoms with Crippen molar-refractivity contribution in [2.45, 2.75) is 39.3 Å². The van der Waals surface area contributed by atoms with Gasteiger partial charge in [-0.1, -0.05) is 62.4 Å². The van der Waals surface area contributed by atoms with Crippen LogP contribution in [0.15, 0.2) is 97.2 Å². The van der Waals surface area contributed by atoms with Crippen molar-refractivity contribution in [1.82, 2.24) is 19.2 Å². The first kappa shape index (κ1) is 25.5. The van der Waals surface area contributed by atoms with Gasteiger partial charge in [0.1, 0.15) is 11.6 Å². The van der Waals surface area contributed by atoms with Crippen LogP contribution in [0.3, 0.4) is 0 Å². The summed E-state index contributed by atoms with van der Waals surface area (Å²) >= 11 is 0. The summed E-state index contributed by atoms with van der Waals surface area (Å²) < 4.78 is 9.60. The molecule has 1 aliphatic heterocycles. The third-order valence-corrected chi connectivity index (χ3v) is 7.59. The lowest BCUT2D eigenvalue weighted by atomic mass is 9.99. The van der Waals surface area contributed by atoms with Crippen LogP contribution in [0.1, 0.15) is 48.0 Å². The van der Waals surface area contributed by atoms with E-state index in [-0.39, 0.29) is 12.1 Å². The van der Waals surface area contributed by atoms with Crippen LogP contribution in [0.2, 0.25) is 0 Å². The highest BCUT2D eigenvalue weighted by Gasteiger charge is 2.36. The molecule has 3 heterocycles. The van der Waals surface area contributed by atoms with E-state index < -0.39 is 0 Å². The van der Waals surface area contributed by atoms with Gasteiger partial charge in [-0.2, -0.15) is 5.10 Å². The number of ether oxygens (including phenoxy) is 1. The fourth-order valence-corrected chi connectivity index (χ4v) is 5.53. The monoisotopic (exact) mass is 531 g/mol. The molecule has 5 aromatic rings. The summed E-state index contributed by atoms with van der Waals surface area (Å²) in [6.45, 7) is 4.67. The predicted molar refractivity (Wildman–Crippen MR) is 157 cm³/mol. The van der Waals surface area contributed by atoms with E-state index in [0.29, 0.717) is 18.0 Å². The van der Waals surface area contributed by atoms with Crippen molar-refractivity contribution in [1.29, 1.82) is 0 Å². The molecule has 6 rings (SSSR count). The lowest BCUT2D eigenvalue weighted by Crippen LogP contribution is -2.38. The van der Waals surface area contributed by atoms with Crippen molar-refractivity contribution in [2.24, 2.45) is 0 Å². The SMILES string of the molecule is CCc1ccc([C@H]2c3cccn3-c3c(c(CC)nn3-c3ccccc3)CN2C(=O)Nc2cccc(OC)c2)cc1. The molecule has 1 atom stereocenters. The first-order valence-electron chi connectivity index (χ1n) is 13.8. The number of fused-ring (bicyclic) bond motifs is 3. The molecule has 202 valence electrons. The lowest BCUT2D eigenvalue weighted by molar-refractivity contribution is 0.194. The van der Waals surface area contributed by atoms with E-state index >= 15 is 0 Å². The van der Waals surface area contributed by atoms with Gasteiger partial charge in [-0.15, -0.1) is 0 Å². The summed E-state index contributed by atoms with van der Waals surface area (Å²) in [5, 5.41) is 8.18. The number of nitrogens with one attached hydrogen (secondary N) is 1. The highest BCUT2D eigenvalue weighted by atomic mass is 16.5. The van der Waals surface area contributed by atoms with Gasteiger partial charge in [-0.25, -0.2) is 9.48 Å². The average molecular weight is 532 g/mol. The van der Waals surface area contributed by atoms with Gasteiger partial charge in [0, 0.05) is 23.5 Å². The Labute approximate surface area is 234 Å². The number of hydrogen-bond acceptors (Lipinski definition) is 3. The molecule has 0 aliphatic carbocycles. The molecule has 1 N–H and O–H groups in total. The number of methoxy groups -OCH3 is 1. The van der Waals surface area contributed by atoms with Crippen LogP contribution >= 0.6 is 0 Å². The molecular formula is C33H33N5O2. The van der Waals surface area contributed by atoms with Crippen LogP contribution in [0.25, 0.3) is 11.5 Å². The quantitative estimate of drug-likeness (QED) is 0.258. The summed E-state index contributed by atoms with van der Waals surface area (Å²) in [6, 6.07) is 29.9. The molecule has 0 unspecified atom stereocenters. The van der Waals surface area contributed by atoms with Crippen molar-refractivity contribution in [2.75, 3.05) is 12.4 Å². The summed E-state index contributed by atoms with van der Waals surface area (Å²) in [7, 11) is 1.62. The Morgan fingerprint density at radius 3 is 2.48 bits per heavy atom. The predicted octanol–water partition coefficient (Wildman–Crippen LogP) is 6.93. The fraction of sp³-hybridized carbons (Fsp3) is 0.212. The maximum Gasteiger partial charge on any atom is 0.322 e. The zero-order valence-corrected chi connectivity index (χ0v) is 23.0. The van der Waals surface area contributed by atoms with Crippen molar-refractivity contribution in [3.63, 3.8) is 0 Å². The minimum atomic E-state index is -0.312. The number of aromatic nitrogens is 3. The van der Waals surface area contributed by atoms with Crippen LogP contribution in [0.5, 0.6) is 5.75 Å². The Hall–Kier alpha value is -4.78. The van der Waals surface area contributed by atoms with E-state index in [1.54, 1.807) is 7.11 Å². The number of para-hydroxylation sites is 1. The standard InChI is InChI=1S/C33H33N5O2/c1-4-23-16-18-24(19-17-23)31-30-15-10-20-36(30)32-28(29(5-2)35-38(32)26-12-7-6-8-13-26)22-37(31)33(39)34-25-11-9-14-27(21-25)40-3/h6-21,31H,4-5,22H2,1-3H3,(H,34,39)/t31-/m0/s1. The van der Waals surface area contributed by atoms with Gasteiger partial charge in [-0.3, -0.25) is 0 Å². The number of carbonyl (C=O) groups is 1. The molecule has 2 amide bonds. The number of rotatable bonds is 6. The molecule has 0 bridgehead atoms. The second kappa shape index (κ2) is 10.8. The number of benzene rings is 3. The van der Waals surface area contributed by atoms with E-state index in [1.165, 1.54) is 5.56 Å². The highest BCUT2D eigenvalue weighted by molar-refractivity contribution is 5.90.